The van der Waals surface area contributed by atoms with Crippen LogP contribution >= 0.6 is 0 Å². The number of rotatable bonds is 5. The maximum atomic E-state index is 12.5. The Morgan fingerprint density at radius 3 is 2.88 bits per heavy atom. The van der Waals surface area contributed by atoms with E-state index in [2.05, 4.69) is 17.2 Å². The zero-order chi connectivity index (χ0) is 17.3. The van der Waals surface area contributed by atoms with Gasteiger partial charge in [-0.2, -0.15) is 5.10 Å². The summed E-state index contributed by atoms with van der Waals surface area (Å²) in [6, 6.07) is 8.29. The van der Waals surface area contributed by atoms with Crippen LogP contribution in [0.4, 0.5) is 0 Å². The molecule has 24 heavy (non-hydrogen) atoms. The third-order valence-corrected chi connectivity index (χ3v) is 5.32. The van der Waals surface area contributed by atoms with Gasteiger partial charge in [-0.1, -0.05) is 24.3 Å². The predicted molar refractivity (Wildman–Crippen MR) is 88.5 cm³/mol. The Labute approximate surface area is 141 Å². The number of fused-ring (bicyclic) bond motifs is 1. The van der Waals surface area contributed by atoms with Crippen LogP contribution in [0.5, 0.6) is 0 Å². The molecule has 2 N–H and O–H groups in total. The molecule has 0 radical (unpaired) electrons. The molecule has 0 saturated carbocycles. The van der Waals surface area contributed by atoms with Crippen LogP contribution in [0, 0.1) is 0 Å². The zero-order valence-electron chi connectivity index (χ0n) is 13.4. The molecule has 1 atom stereocenters. The monoisotopic (exact) mass is 348 g/mol. The van der Waals surface area contributed by atoms with Gasteiger partial charge < -0.3 is 4.90 Å². The molecule has 7 nitrogen and oxygen atoms in total. The first kappa shape index (κ1) is 16.7. The number of amides is 1. The van der Waals surface area contributed by atoms with Crippen molar-refractivity contribution in [2.75, 3.05) is 7.05 Å². The van der Waals surface area contributed by atoms with Crippen LogP contribution < -0.4 is 5.14 Å². The molecule has 1 heterocycles. The summed E-state index contributed by atoms with van der Waals surface area (Å²) in [6.45, 7) is 0.313. The van der Waals surface area contributed by atoms with E-state index >= 15 is 0 Å². The Kier molecular flexibility index (Phi) is 4.42. The predicted octanol–water partition coefficient (Wildman–Crippen LogP) is 1.07. The number of nitrogens with zero attached hydrogens (tertiary/aromatic N) is 3. The lowest BCUT2D eigenvalue weighted by atomic mass is 10.1. The Balaban J connectivity index is 1.62. The van der Waals surface area contributed by atoms with E-state index in [1.807, 2.05) is 19.2 Å². The van der Waals surface area contributed by atoms with Gasteiger partial charge in [0.25, 0.3) is 0 Å². The van der Waals surface area contributed by atoms with Gasteiger partial charge in [0.15, 0.2) is 0 Å². The summed E-state index contributed by atoms with van der Waals surface area (Å²) in [7, 11) is -1.95. The molecule has 2 aromatic rings. The summed E-state index contributed by atoms with van der Waals surface area (Å²) >= 11 is 0. The highest BCUT2D eigenvalue weighted by atomic mass is 32.2. The summed E-state index contributed by atoms with van der Waals surface area (Å²) in [5.41, 5.74) is 2.51. The van der Waals surface area contributed by atoms with Gasteiger partial charge in [0.1, 0.15) is 4.90 Å². The molecule has 0 fully saturated rings. The third kappa shape index (κ3) is 3.34. The fourth-order valence-electron chi connectivity index (χ4n) is 3.11. The minimum atomic E-state index is -3.76. The maximum absolute atomic E-state index is 12.5. The van der Waals surface area contributed by atoms with Gasteiger partial charge in [0.2, 0.25) is 15.9 Å². The maximum Gasteiger partial charge on any atom is 0.241 e. The van der Waals surface area contributed by atoms with Crippen LogP contribution in [0.25, 0.3) is 0 Å². The van der Waals surface area contributed by atoms with E-state index in [1.54, 1.807) is 4.90 Å². The molecule has 1 aromatic heterocycles. The summed E-state index contributed by atoms with van der Waals surface area (Å²) in [4.78, 5) is 14.2. The van der Waals surface area contributed by atoms with E-state index in [0.717, 1.165) is 12.8 Å². The van der Waals surface area contributed by atoms with Crippen molar-refractivity contribution in [1.82, 2.24) is 14.7 Å². The highest BCUT2D eigenvalue weighted by Gasteiger charge is 2.28. The Bertz CT molecular complexity index is 860. The van der Waals surface area contributed by atoms with Crippen LogP contribution in [-0.4, -0.2) is 36.1 Å². The highest BCUT2D eigenvalue weighted by molar-refractivity contribution is 7.89. The van der Waals surface area contributed by atoms with Gasteiger partial charge in [0, 0.05) is 26.2 Å². The molecule has 1 aromatic carbocycles. The molecule has 1 aliphatic carbocycles. The largest absolute Gasteiger partial charge is 0.339 e. The summed E-state index contributed by atoms with van der Waals surface area (Å²) < 4.78 is 23.9. The molecule has 0 bridgehead atoms. The second kappa shape index (κ2) is 6.37. The average Bonchev–Trinajstić information content (AvgIpc) is 3.18. The van der Waals surface area contributed by atoms with E-state index in [-0.39, 0.29) is 23.3 Å². The molecule has 0 unspecified atom stereocenters. The summed E-state index contributed by atoms with van der Waals surface area (Å²) in [5.74, 6) is 0.00404. The van der Waals surface area contributed by atoms with Crippen molar-refractivity contribution in [3.63, 3.8) is 0 Å². The lowest BCUT2D eigenvalue weighted by Gasteiger charge is -2.25. The van der Waals surface area contributed by atoms with Crippen LogP contribution in [0.3, 0.4) is 0 Å². The number of benzene rings is 1. The zero-order valence-corrected chi connectivity index (χ0v) is 14.2. The lowest BCUT2D eigenvalue weighted by molar-refractivity contribution is -0.132. The van der Waals surface area contributed by atoms with Gasteiger partial charge in [-0.3, -0.25) is 9.48 Å². The van der Waals surface area contributed by atoms with Gasteiger partial charge in [-0.25, -0.2) is 13.6 Å². The number of nitrogens with two attached hydrogens (primary N) is 1. The fraction of sp³-hybridized carbons (Fsp3) is 0.375. The van der Waals surface area contributed by atoms with Crippen LogP contribution in [0.2, 0.25) is 0 Å². The second-order valence-electron chi connectivity index (χ2n) is 5.99. The van der Waals surface area contributed by atoms with Crippen LogP contribution in [-0.2, 0) is 27.8 Å². The Morgan fingerprint density at radius 2 is 2.17 bits per heavy atom. The Hall–Kier alpha value is -2.19. The van der Waals surface area contributed by atoms with Crippen molar-refractivity contribution in [1.29, 1.82) is 0 Å². The molecule has 1 aliphatic rings. The van der Waals surface area contributed by atoms with Crippen molar-refractivity contribution >= 4 is 15.9 Å². The summed E-state index contributed by atoms with van der Waals surface area (Å²) in [5, 5.41) is 8.98. The van der Waals surface area contributed by atoms with Crippen molar-refractivity contribution in [2.24, 2.45) is 5.14 Å². The first-order valence-electron chi connectivity index (χ1n) is 7.75. The molecular weight excluding hydrogens is 328 g/mol. The van der Waals surface area contributed by atoms with E-state index < -0.39 is 10.0 Å². The fourth-order valence-corrected chi connectivity index (χ4v) is 3.57. The van der Waals surface area contributed by atoms with Gasteiger partial charge in [-0.05, 0) is 24.0 Å². The Morgan fingerprint density at radius 1 is 1.42 bits per heavy atom. The molecule has 0 spiro atoms. The van der Waals surface area contributed by atoms with Crippen molar-refractivity contribution in [3.8, 4) is 0 Å². The minimum Gasteiger partial charge on any atom is -0.339 e. The number of carbonyl (C=O) groups is 1. The molecule has 0 saturated heterocycles. The number of sulfonamides is 1. The molecule has 1 amide bonds. The minimum absolute atomic E-state index is 0.00404. The molecule has 3 rings (SSSR count). The van der Waals surface area contributed by atoms with Crippen LogP contribution in [0.15, 0.2) is 41.6 Å². The number of hydrogen-bond donors (Lipinski definition) is 1. The van der Waals surface area contributed by atoms with Crippen molar-refractivity contribution in [2.45, 2.75) is 36.7 Å². The normalized spacial score (nSPS) is 16.8. The van der Waals surface area contributed by atoms with E-state index in [1.165, 1.54) is 28.2 Å². The van der Waals surface area contributed by atoms with Crippen molar-refractivity contribution < 1.29 is 13.2 Å². The quantitative estimate of drug-likeness (QED) is 0.873. The average molecular weight is 348 g/mol. The van der Waals surface area contributed by atoms with Gasteiger partial charge in [0.05, 0.1) is 12.2 Å². The first-order chi connectivity index (χ1) is 11.4. The SMILES string of the molecule is CN(C(=O)CCn1cc(S(N)(=O)=O)cn1)[C@H]1CCc2ccccc21. The highest BCUT2D eigenvalue weighted by Crippen LogP contribution is 2.34. The van der Waals surface area contributed by atoms with Gasteiger partial charge in [-0.15, -0.1) is 0 Å². The van der Waals surface area contributed by atoms with E-state index in [0.29, 0.717) is 6.54 Å². The van der Waals surface area contributed by atoms with Crippen LogP contribution in [0.1, 0.15) is 30.0 Å². The topological polar surface area (TPSA) is 98.3 Å². The number of primary sulfonamides is 1. The molecule has 8 heteroatoms. The standard InChI is InChI=1S/C16H20N4O3S/c1-19(15-7-6-12-4-2-3-5-14(12)15)16(21)8-9-20-11-13(10-18-20)24(17,22)23/h2-5,10-11,15H,6-9H2,1H3,(H2,17,22,23)/t15-/m0/s1. The second-order valence-corrected chi connectivity index (χ2v) is 7.55. The van der Waals surface area contributed by atoms with E-state index in [9.17, 15) is 13.2 Å². The lowest BCUT2D eigenvalue weighted by Crippen LogP contribution is -2.30. The van der Waals surface area contributed by atoms with Gasteiger partial charge >= 0.3 is 0 Å². The smallest absolute Gasteiger partial charge is 0.241 e. The molecule has 0 aliphatic heterocycles. The summed E-state index contributed by atoms with van der Waals surface area (Å²) in [6.07, 6.45) is 4.69. The third-order valence-electron chi connectivity index (χ3n) is 4.45. The molecule has 128 valence electrons. The number of carbonyl (C=O) groups excluding carboxylic acids is 1. The first-order valence-corrected chi connectivity index (χ1v) is 9.29. The molecular formula is C16H20N4O3S. The van der Waals surface area contributed by atoms with E-state index in [4.69, 9.17) is 5.14 Å². The number of aromatic nitrogens is 2. The number of hydrogen-bond acceptors (Lipinski definition) is 4. The number of aryl methyl sites for hydroxylation is 2. The van der Waals surface area contributed by atoms with Crippen molar-refractivity contribution in [3.05, 3.63) is 47.8 Å².